The minimum atomic E-state index is -3.93. The minimum Gasteiger partial charge on any atom is -0.338 e. The lowest BCUT2D eigenvalue weighted by Gasteiger charge is -2.09. The Bertz CT molecular complexity index is 1550. The number of aromatic nitrogens is 6. The summed E-state index contributed by atoms with van der Waals surface area (Å²) in [4.78, 5) is 7.17. The molecule has 0 saturated heterocycles. The number of aromatic amines is 1. The second-order valence-corrected chi connectivity index (χ2v) is 8.48. The van der Waals surface area contributed by atoms with Gasteiger partial charge in [0.2, 0.25) is 0 Å². The molecule has 2 N–H and O–H groups in total. The van der Waals surface area contributed by atoms with Crippen LogP contribution in [0.4, 0.5) is 14.5 Å². The number of hydrogen-bond donors (Lipinski definition) is 2. The van der Waals surface area contributed by atoms with E-state index in [9.17, 15) is 17.2 Å². The standard InChI is InChI=1S/C20H13F2N7O2S/c21-12-4-6-17(22)16(8-12)20-24-18-7-5-13(9-19(18)25-20)26-32(30,31)15-3-1-2-14(10-15)29-11-23-27-28-29/h1-11,26H,(H,24,25). The Labute approximate surface area is 179 Å². The quantitative estimate of drug-likeness (QED) is 0.422. The normalized spacial score (nSPS) is 11.7. The molecular weight excluding hydrogens is 440 g/mol. The summed E-state index contributed by atoms with van der Waals surface area (Å²) in [5.41, 5.74) is 1.63. The van der Waals surface area contributed by atoms with Gasteiger partial charge in [-0.1, -0.05) is 6.07 Å². The van der Waals surface area contributed by atoms with Gasteiger partial charge in [-0.05, 0) is 65.0 Å². The predicted molar refractivity (Wildman–Crippen MR) is 111 cm³/mol. The van der Waals surface area contributed by atoms with Crippen molar-refractivity contribution in [2.45, 2.75) is 4.90 Å². The van der Waals surface area contributed by atoms with Gasteiger partial charge in [-0.3, -0.25) is 4.72 Å². The van der Waals surface area contributed by atoms with E-state index in [1.54, 1.807) is 18.2 Å². The molecule has 0 saturated carbocycles. The monoisotopic (exact) mass is 453 g/mol. The van der Waals surface area contributed by atoms with Crippen LogP contribution >= 0.6 is 0 Å². The van der Waals surface area contributed by atoms with Gasteiger partial charge in [0.25, 0.3) is 10.0 Å². The van der Waals surface area contributed by atoms with Gasteiger partial charge >= 0.3 is 0 Å². The number of benzene rings is 3. The first-order valence-corrected chi connectivity index (χ1v) is 10.7. The molecule has 0 atom stereocenters. The number of imidazole rings is 1. The highest BCUT2D eigenvalue weighted by Gasteiger charge is 2.17. The van der Waals surface area contributed by atoms with E-state index in [0.717, 1.165) is 18.2 Å². The third kappa shape index (κ3) is 3.67. The van der Waals surface area contributed by atoms with Crippen molar-refractivity contribution in [1.82, 2.24) is 30.2 Å². The largest absolute Gasteiger partial charge is 0.338 e. The first kappa shape index (κ1) is 19.8. The fraction of sp³-hybridized carbons (Fsp3) is 0. The molecule has 0 aliphatic carbocycles. The third-order valence-corrected chi connectivity index (χ3v) is 6.04. The molecule has 2 aromatic heterocycles. The van der Waals surface area contributed by atoms with Crippen molar-refractivity contribution in [1.29, 1.82) is 0 Å². The fourth-order valence-electron chi connectivity index (χ4n) is 3.17. The molecular formula is C20H13F2N7O2S. The van der Waals surface area contributed by atoms with Crippen molar-refractivity contribution in [3.05, 3.63) is 78.6 Å². The van der Waals surface area contributed by atoms with E-state index in [1.165, 1.54) is 35.3 Å². The van der Waals surface area contributed by atoms with Gasteiger partial charge in [-0.2, -0.15) is 0 Å². The molecule has 2 heterocycles. The molecule has 0 aliphatic heterocycles. The zero-order valence-corrected chi connectivity index (χ0v) is 16.9. The first-order chi connectivity index (χ1) is 15.4. The number of sulfonamides is 1. The van der Waals surface area contributed by atoms with Crippen LogP contribution in [-0.2, 0) is 10.0 Å². The lowest BCUT2D eigenvalue weighted by molar-refractivity contribution is 0.601. The average molecular weight is 453 g/mol. The van der Waals surface area contributed by atoms with Crippen molar-refractivity contribution < 1.29 is 17.2 Å². The molecule has 0 fully saturated rings. The Morgan fingerprint density at radius 3 is 2.69 bits per heavy atom. The number of halogens is 2. The first-order valence-electron chi connectivity index (χ1n) is 9.20. The summed E-state index contributed by atoms with van der Waals surface area (Å²) in [5.74, 6) is -1.10. The summed E-state index contributed by atoms with van der Waals surface area (Å²) in [5, 5.41) is 10.8. The van der Waals surface area contributed by atoms with E-state index < -0.39 is 21.7 Å². The Morgan fingerprint density at radius 2 is 1.88 bits per heavy atom. The maximum atomic E-state index is 14.1. The molecule has 5 aromatic rings. The maximum absolute atomic E-state index is 14.1. The minimum absolute atomic E-state index is 0.0118. The summed E-state index contributed by atoms with van der Waals surface area (Å²) in [6.07, 6.45) is 1.35. The molecule has 32 heavy (non-hydrogen) atoms. The van der Waals surface area contributed by atoms with Crippen LogP contribution in [0.2, 0.25) is 0 Å². The zero-order chi connectivity index (χ0) is 22.3. The van der Waals surface area contributed by atoms with Crippen LogP contribution in [0.3, 0.4) is 0 Å². The molecule has 160 valence electrons. The summed E-state index contributed by atoms with van der Waals surface area (Å²) in [7, 11) is -3.93. The van der Waals surface area contributed by atoms with Crippen molar-refractivity contribution in [2.75, 3.05) is 4.72 Å². The number of nitrogens with one attached hydrogen (secondary N) is 2. The molecule has 0 spiro atoms. The molecule has 0 radical (unpaired) electrons. The van der Waals surface area contributed by atoms with E-state index >= 15 is 0 Å². The molecule has 9 nitrogen and oxygen atoms in total. The topological polar surface area (TPSA) is 118 Å². The third-order valence-electron chi connectivity index (χ3n) is 4.66. The van der Waals surface area contributed by atoms with Crippen LogP contribution in [0.25, 0.3) is 28.1 Å². The second-order valence-electron chi connectivity index (χ2n) is 6.80. The van der Waals surface area contributed by atoms with Crippen molar-refractivity contribution in [2.24, 2.45) is 0 Å². The van der Waals surface area contributed by atoms with E-state index in [4.69, 9.17) is 0 Å². The fourth-order valence-corrected chi connectivity index (χ4v) is 4.26. The van der Waals surface area contributed by atoms with Crippen LogP contribution in [0.1, 0.15) is 0 Å². The van der Waals surface area contributed by atoms with Gasteiger partial charge in [0.1, 0.15) is 23.8 Å². The zero-order valence-electron chi connectivity index (χ0n) is 16.1. The summed E-state index contributed by atoms with van der Waals surface area (Å²) in [6, 6.07) is 13.8. The predicted octanol–water partition coefficient (Wildman–Crippen LogP) is 3.28. The highest BCUT2D eigenvalue weighted by atomic mass is 32.2. The molecule has 0 aliphatic rings. The molecule has 12 heteroatoms. The maximum Gasteiger partial charge on any atom is 0.261 e. The van der Waals surface area contributed by atoms with Crippen LogP contribution in [0.15, 0.2) is 71.9 Å². The number of nitrogens with zero attached hydrogens (tertiary/aromatic N) is 5. The molecule has 0 bridgehead atoms. The van der Waals surface area contributed by atoms with E-state index in [-0.39, 0.29) is 22.0 Å². The SMILES string of the molecule is O=S(=O)(Nc1ccc2nc(-c3cc(F)ccc3F)[nH]c2c1)c1cccc(-n2cnnn2)c1. The molecule has 3 aromatic carbocycles. The number of anilines is 1. The van der Waals surface area contributed by atoms with Crippen molar-refractivity contribution in [3.8, 4) is 17.1 Å². The number of hydrogen-bond acceptors (Lipinski definition) is 6. The van der Waals surface area contributed by atoms with Gasteiger partial charge in [0.05, 0.1) is 32.9 Å². The van der Waals surface area contributed by atoms with Gasteiger partial charge in [0.15, 0.2) is 0 Å². The van der Waals surface area contributed by atoms with Gasteiger partial charge < -0.3 is 4.98 Å². The second kappa shape index (κ2) is 7.50. The van der Waals surface area contributed by atoms with Gasteiger partial charge in [-0.15, -0.1) is 5.10 Å². The summed E-state index contributed by atoms with van der Waals surface area (Å²) >= 11 is 0. The van der Waals surface area contributed by atoms with Gasteiger partial charge in [0, 0.05) is 0 Å². The Kier molecular flexibility index (Phi) is 4.63. The van der Waals surface area contributed by atoms with Crippen LogP contribution in [0.5, 0.6) is 0 Å². The Hall–Kier alpha value is -4.19. The smallest absolute Gasteiger partial charge is 0.261 e. The van der Waals surface area contributed by atoms with Crippen LogP contribution < -0.4 is 4.72 Å². The highest BCUT2D eigenvalue weighted by molar-refractivity contribution is 7.92. The molecule has 0 amide bonds. The van der Waals surface area contributed by atoms with E-state index in [1.807, 2.05) is 0 Å². The van der Waals surface area contributed by atoms with Crippen LogP contribution in [0, 0.1) is 11.6 Å². The summed E-state index contributed by atoms with van der Waals surface area (Å²) < 4.78 is 57.2. The van der Waals surface area contributed by atoms with Crippen LogP contribution in [-0.4, -0.2) is 38.6 Å². The van der Waals surface area contributed by atoms with Crippen molar-refractivity contribution in [3.63, 3.8) is 0 Å². The number of H-pyrrole nitrogens is 1. The number of fused-ring (bicyclic) bond motifs is 1. The number of tetrazole rings is 1. The highest BCUT2D eigenvalue weighted by Crippen LogP contribution is 2.26. The van der Waals surface area contributed by atoms with E-state index in [0.29, 0.717) is 16.7 Å². The van der Waals surface area contributed by atoms with Gasteiger partial charge in [-0.25, -0.2) is 26.9 Å². The Balaban J connectivity index is 1.46. The molecule has 5 rings (SSSR count). The number of rotatable bonds is 5. The lowest BCUT2D eigenvalue weighted by atomic mass is 10.2. The Morgan fingerprint density at radius 1 is 1.00 bits per heavy atom. The summed E-state index contributed by atoms with van der Waals surface area (Å²) in [6.45, 7) is 0. The lowest BCUT2D eigenvalue weighted by Crippen LogP contribution is -2.13. The van der Waals surface area contributed by atoms with E-state index in [2.05, 4.69) is 30.2 Å². The van der Waals surface area contributed by atoms with Crippen molar-refractivity contribution >= 4 is 26.7 Å². The average Bonchev–Trinajstić information content (AvgIpc) is 3.45. The molecule has 0 unspecified atom stereocenters.